The van der Waals surface area contributed by atoms with Gasteiger partial charge in [0.25, 0.3) is 11.6 Å². The van der Waals surface area contributed by atoms with E-state index < -0.39 is 16.9 Å². The Morgan fingerprint density at radius 1 is 1.17 bits per heavy atom. The van der Waals surface area contributed by atoms with Crippen molar-refractivity contribution in [3.63, 3.8) is 0 Å². The van der Waals surface area contributed by atoms with E-state index in [-0.39, 0.29) is 23.6 Å². The third-order valence-corrected chi connectivity index (χ3v) is 4.35. The van der Waals surface area contributed by atoms with Crippen LogP contribution in [0.2, 0.25) is 0 Å². The topological polar surface area (TPSA) is 123 Å². The van der Waals surface area contributed by atoms with Crippen LogP contribution in [0.4, 0.5) is 5.69 Å². The Kier molecular flexibility index (Phi) is 4.70. The van der Waals surface area contributed by atoms with E-state index >= 15 is 0 Å². The molecule has 1 amide bonds. The molecule has 4 rings (SSSR count). The number of hydrogen-bond acceptors (Lipinski definition) is 7. The Morgan fingerprint density at radius 2 is 1.90 bits per heavy atom. The predicted molar refractivity (Wildman–Crippen MR) is 104 cm³/mol. The number of aromatic hydroxyl groups is 1. The number of hydrazone groups is 1. The second-order valence-electron chi connectivity index (χ2n) is 6.30. The van der Waals surface area contributed by atoms with E-state index in [4.69, 9.17) is 9.47 Å². The van der Waals surface area contributed by atoms with Crippen LogP contribution in [-0.4, -0.2) is 34.9 Å². The van der Waals surface area contributed by atoms with Gasteiger partial charge in [-0.05, 0) is 35.0 Å². The molecule has 1 aliphatic heterocycles. The molecule has 0 aliphatic carbocycles. The molecular formula is C20H15N3O6. The Morgan fingerprint density at radius 3 is 2.62 bits per heavy atom. The zero-order chi connectivity index (χ0) is 20.4. The molecule has 0 aromatic heterocycles. The van der Waals surface area contributed by atoms with Crippen molar-refractivity contribution in [3.8, 4) is 17.2 Å². The molecule has 29 heavy (non-hydrogen) atoms. The zero-order valence-electron chi connectivity index (χ0n) is 14.9. The van der Waals surface area contributed by atoms with Crippen molar-refractivity contribution in [1.82, 2.24) is 5.43 Å². The molecule has 0 fully saturated rings. The summed E-state index contributed by atoms with van der Waals surface area (Å²) in [5, 5.41) is 26.2. The van der Waals surface area contributed by atoms with Gasteiger partial charge >= 0.3 is 0 Å². The first-order valence-electron chi connectivity index (χ1n) is 8.64. The molecule has 0 bridgehead atoms. The lowest BCUT2D eigenvalue weighted by molar-refractivity contribution is -0.385. The van der Waals surface area contributed by atoms with E-state index in [1.807, 2.05) is 30.3 Å². The number of phenols is 1. The van der Waals surface area contributed by atoms with Gasteiger partial charge in [0.1, 0.15) is 12.4 Å². The van der Waals surface area contributed by atoms with Crippen LogP contribution in [0.1, 0.15) is 5.56 Å². The molecular weight excluding hydrogens is 378 g/mol. The maximum atomic E-state index is 12.3. The number of nitro groups is 1. The summed E-state index contributed by atoms with van der Waals surface area (Å²) in [4.78, 5) is 22.8. The maximum absolute atomic E-state index is 12.3. The van der Waals surface area contributed by atoms with Crippen molar-refractivity contribution in [2.24, 2.45) is 5.10 Å². The SMILES string of the molecule is O=C(N/N=C/c1cc(O)ccc1[N+](=O)[O-])[C@@H]1COc2cc3ccccc3cc2O1. The number of carbonyl (C=O) groups is 1. The number of ether oxygens (including phenoxy) is 2. The lowest BCUT2D eigenvalue weighted by Crippen LogP contribution is -2.42. The molecule has 3 aromatic rings. The lowest BCUT2D eigenvalue weighted by Gasteiger charge is -2.25. The minimum absolute atomic E-state index is 0.00103. The van der Waals surface area contributed by atoms with E-state index in [0.29, 0.717) is 11.5 Å². The number of fused-ring (bicyclic) bond motifs is 2. The highest BCUT2D eigenvalue weighted by Gasteiger charge is 2.27. The Bertz CT molecular complexity index is 1140. The molecule has 0 unspecified atom stereocenters. The van der Waals surface area contributed by atoms with Gasteiger partial charge in [0.05, 0.1) is 16.7 Å². The van der Waals surface area contributed by atoms with Crippen LogP contribution >= 0.6 is 0 Å². The summed E-state index contributed by atoms with van der Waals surface area (Å²) >= 11 is 0. The molecule has 2 N–H and O–H groups in total. The van der Waals surface area contributed by atoms with Gasteiger partial charge in [0, 0.05) is 6.07 Å². The van der Waals surface area contributed by atoms with Crippen LogP contribution in [-0.2, 0) is 4.79 Å². The summed E-state index contributed by atoms with van der Waals surface area (Å²) in [6.45, 7) is -0.00103. The first-order chi connectivity index (χ1) is 14.0. The summed E-state index contributed by atoms with van der Waals surface area (Å²) in [7, 11) is 0. The molecule has 146 valence electrons. The van der Waals surface area contributed by atoms with Gasteiger partial charge in [-0.1, -0.05) is 24.3 Å². The fourth-order valence-electron chi connectivity index (χ4n) is 2.93. The van der Waals surface area contributed by atoms with Crippen LogP contribution in [0, 0.1) is 10.1 Å². The molecule has 1 aliphatic rings. The van der Waals surface area contributed by atoms with Gasteiger partial charge in [0.15, 0.2) is 11.5 Å². The second-order valence-corrected chi connectivity index (χ2v) is 6.30. The molecule has 1 atom stereocenters. The molecule has 0 radical (unpaired) electrons. The lowest BCUT2D eigenvalue weighted by atomic mass is 10.1. The first-order valence-corrected chi connectivity index (χ1v) is 8.64. The molecule has 3 aromatic carbocycles. The molecule has 9 heteroatoms. The molecule has 0 saturated carbocycles. The van der Waals surface area contributed by atoms with Crippen molar-refractivity contribution in [2.75, 3.05) is 6.61 Å². The quantitative estimate of drug-likeness (QED) is 0.399. The van der Waals surface area contributed by atoms with E-state index in [1.54, 1.807) is 6.07 Å². The Balaban J connectivity index is 1.46. The number of benzene rings is 3. The van der Waals surface area contributed by atoms with Crippen molar-refractivity contribution in [2.45, 2.75) is 6.10 Å². The highest BCUT2D eigenvalue weighted by molar-refractivity contribution is 5.89. The minimum atomic E-state index is -0.931. The number of carbonyl (C=O) groups excluding carboxylic acids is 1. The standard InChI is InChI=1S/C20H15N3O6/c24-15-5-6-16(23(26)27)14(7-15)10-21-22-20(25)19-11-28-17-8-12-3-1-2-4-13(12)9-18(17)29-19/h1-10,19,24H,11H2,(H,22,25)/b21-10+/t19-/m0/s1. The number of nitrogens with one attached hydrogen (secondary N) is 1. The van der Waals surface area contributed by atoms with Gasteiger partial charge in [-0.2, -0.15) is 5.10 Å². The summed E-state index contributed by atoms with van der Waals surface area (Å²) in [6.07, 6.45) is 0.154. The minimum Gasteiger partial charge on any atom is -0.508 e. The summed E-state index contributed by atoms with van der Waals surface area (Å²) in [6, 6.07) is 14.9. The third-order valence-electron chi connectivity index (χ3n) is 4.35. The van der Waals surface area contributed by atoms with Crippen molar-refractivity contribution < 1.29 is 24.3 Å². The maximum Gasteiger partial charge on any atom is 0.284 e. The van der Waals surface area contributed by atoms with Crippen LogP contribution in [0.25, 0.3) is 10.8 Å². The summed E-state index contributed by atoms with van der Waals surface area (Å²) in [5.41, 5.74) is 2.07. The molecule has 9 nitrogen and oxygen atoms in total. The second kappa shape index (κ2) is 7.47. The van der Waals surface area contributed by atoms with Crippen molar-refractivity contribution in [1.29, 1.82) is 0 Å². The molecule has 0 spiro atoms. The number of nitrogens with zero attached hydrogens (tertiary/aromatic N) is 2. The van der Waals surface area contributed by atoms with Crippen LogP contribution < -0.4 is 14.9 Å². The van der Waals surface area contributed by atoms with Gasteiger partial charge in [0.2, 0.25) is 6.10 Å². The van der Waals surface area contributed by atoms with Gasteiger partial charge in [-0.3, -0.25) is 14.9 Å². The van der Waals surface area contributed by atoms with Crippen molar-refractivity contribution in [3.05, 3.63) is 70.3 Å². The number of phenolic OH excluding ortho intramolecular Hbond substituents is 1. The Hall–Kier alpha value is -4.14. The molecule has 0 saturated heterocycles. The summed E-state index contributed by atoms with van der Waals surface area (Å²) < 4.78 is 11.4. The zero-order valence-corrected chi connectivity index (χ0v) is 14.9. The monoisotopic (exact) mass is 393 g/mol. The van der Waals surface area contributed by atoms with Gasteiger partial charge < -0.3 is 14.6 Å². The first kappa shape index (κ1) is 18.2. The van der Waals surface area contributed by atoms with E-state index in [2.05, 4.69) is 10.5 Å². The number of amides is 1. The Labute approximate surface area is 164 Å². The average molecular weight is 393 g/mol. The van der Waals surface area contributed by atoms with Gasteiger partial charge in [-0.15, -0.1) is 0 Å². The average Bonchev–Trinajstić information content (AvgIpc) is 2.71. The van der Waals surface area contributed by atoms with E-state index in [0.717, 1.165) is 23.1 Å². The number of rotatable bonds is 4. The van der Waals surface area contributed by atoms with E-state index in [9.17, 15) is 20.0 Å². The largest absolute Gasteiger partial charge is 0.508 e. The normalized spacial score (nSPS) is 15.4. The molecule has 1 heterocycles. The number of hydrogen-bond donors (Lipinski definition) is 2. The summed E-state index contributed by atoms with van der Waals surface area (Å²) in [5.74, 6) is 0.272. The fraction of sp³-hybridized carbons (Fsp3) is 0.100. The fourth-order valence-corrected chi connectivity index (χ4v) is 2.93. The van der Waals surface area contributed by atoms with Crippen LogP contribution in [0.15, 0.2) is 59.7 Å². The number of nitro benzene ring substituents is 1. The smallest absolute Gasteiger partial charge is 0.284 e. The van der Waals surface area contributed by atoms with E-state index in [1.165, 1.54) is 12.1 Å². The highest BCUT2D eigenvalue weighted by atomic mass is 16.6. The third kappa shape index (κ3) is 3.79. The van der Waals surface area contributed by atoms with Crippen molar-refractivity contribution >= 4 is 28.6 Å². The highest BCUT2D eigenvalue weighted by Crippen LogP contribution is 2.35. The predicted octanol–water partition coefficient (Wildman–Crippen LogP) is 2.74. The van der Waals surface area contributed by atoms with Gasteiger partial charge in [-0.25, -0.2) is 5.43 Å². The van der Waals surface area contributed by atoms with Crippen LogP contribution in [0.5, 0.6) is 17.2 Å². The van der Waals surface area contributed by atoms with Crippen LogP contribution in [0.3, 0.4) is 0 Å².